The summed E-state index contributed by atoms with van der Waals surface area (Å²) in [4.78, 5) is 0. The minimum Gasteiger partial charge on any atom is -0.759 e. The zero-order chi connectivity index (χ0) is 4.50. The van der Waals surface area contributed by atoms with Gasteiger partial charge in [0.25, 0.3) is 0 Å². The van der Waals surface area contributed by atoms with Crippen molar-refractivity contribution in [3.05, 3.63) is 0 Å². The van der Waals surface area contributed by atoms with E-state index in [9.17, 15) is 0 Å². The number of rotatable bonds is 0. The van der Waals surface area contributed by atoms with E-state index in [1.54, 1.807) is 0 Å². The third-order valence-corrected chi connectivity index (χ3v) is 0. The Morgan fingerprint density at radius 1 is 1.14 bits per heavy atom. The van der Waals surface area contributed by atoms with Gasteiger partial charge in [0, 0.05) is 10.4 Å². The van der Waals surface area contributed by atoms with Gasteiger partial charge in [-0.1, -0.05) is 0 Å². The summed E-state index contributed by atoms with van der Waals surface area (Å²) in [5, 5.41) is 0. The van der Waals surface area contributed by atoms with Crippen LogP contribution in [0.1, 0.15) is 0 Å². The van der Waals surface area contributed by atoms with Crippen molar-refractivity contribution in [2.24, 2.45) is 0 Å². The summed E-state index contributed by atoms with van der Waals surface area (Å²) in [7, 11) is -5.17. The molecule has 0 aliphatic rings. The van der Waals surface area contributed by atoms with Crippen LogP contribution in [0.4, 0.5) is 0 Å². The van der Waals surface area contributed by atoms with Gasteiger partial charge in [0.2, 0.25) is 0 Å². The molecule has 0 saturated carbocycles. The maximum absolute atomic E-state index is 8.52. The molecule has 7 heavy (non-hydrogen) atoms. The third-order valence-electron chi connectivity index (χ3n) is 0. The Kier molecular flexibility index (Phi) is 11.0. The molecule has 0 rings (SSSR count). The first-order chi connectivity index (χ1) is 2.00. The first kappa shape index (κ1) is 15.7. The second-order valence-electron chi connectivity index (χ2n) is 0.408. The smallest absolute Gasteiger partial charge is 0.759 e. The SMILES string of the molecule is O=S(=O)([O-])[O-].[Cd+].[NH4+]. The minimum absolute atomic E-state index is 0. The van der Waals surface area contributed by atoms with Gasteiger partial charge in [-0.2, -0.15) is 0 Å². The van der Waals surface area contributed by atoms with Crippen molar-refractivity contribution in [1.29, 1.82) is 0 Å². The van der Waals surface area contributed by atoms with Crippen LogP contribution in [0.2, 0.25) is 0 Å². The average Bonchev–Trinajstić information content (AvgIpc) is 0.722. The van der Waals surface area contributed by atoms with E-state index in [0.717, 1.165) is 0 Å². The molecule has 41 valence electrons. The van der Waals surface area contributed by atoms with Crippen molar-refractivity contribution in [2.45, 2.75) is 0 Å². The fourth-order valence-corrected chi connectivity index (χ4v) is 0. The second kappa shape index (κ2) is 4.90. The van der Waals surface area contributed by atoms with E-state index in [1.807, 2.05) is 0 Å². The van der Waals surface area contributed by atoms with Crippen LogP contribution in [0.5, 0.6) is 0 Å². The van der Waals surface area contributed by atoms with Crippen molar-refractivity contribution in [3.63, 3.8) is 0 Å². The first-order valence-electron chi connectivity index (χ1n) is 0.667. The molecule has 0 aromatic rings. The van der Waals surface area contributed by atoms with Crippen molar-refractivity contribution < 1.29 is 44.8 Å². The van der Waals surface area contributed by atoms with E-state index in [1.165, 1.54) is 0 Å². The number of quaternary nitrogens is 1. The van der Waals surface area contributed by atoms with E-state index in [2.05, 4.69) is 0 Å². The van der Waals surface area contributed by atoms with E-state index >= 15 is 0 Å². The van der Waals surface area contributed by atoms with Gasteiger partial charge in [-0.25, -0.2) is 0 Å². The summed E-state index contributed by atoms with van der Waals surface area (Å²) in [6.07, 6.45) is 0. The van der Waals surface area contributed by atoms with Crippen LogP contribution in [-0.4, -0.2) is 17.5 Å². The predicted molar refractivity (Wildman–Crippen MR) is 16.5 cm³/mol. The summed E-state index contributed by atoms with van der Waals surface area (Å²) >= 11 is 0. The van der Waals surface area contributed by atoms with E-state index in [4.69, 9.17) is 17.5 Å². The molecule has 0 bridgehead atoms. The molecule has 0 aromatic carbocycles. The first-order valence-corrected chi connectivity index (χ1v) is 2.00. The zero-order valence-corrected chi connectivity index (χ0v) is 8.60. The van der Waals surface area contributed by atoms with Crippen LogP contribution in [0, 0.1) is 0 Å². The van der Waals surface area contributed by atoms with Crippen LogP contribution in [0.15, 0.2) is 0 Å². The Hall–Kier alpha value is 0.752. The van der Waals surface area contributed by atoms with Gasteiger partial charge in [-0.05, 0) is 0 Å². The van der Waals surface area contributed by atoms with Gasteiger partial charge in [0.1, 0.15) is 0 Å². The van der Waals surface area contributed by atoms with Crippen molar-refractivity contribution in [2.75, 3.05) is 0 Å². The van der Waals surface area contributed by atoms with Gasteiger partial charge in [0.15, 0.2) is 0 Å². The monoisotopic (exact) mass is 228 g/mol. The van der Waals surface area contributed by atoms with Gasteiger partial charge in [-0.3, -0.25) is 8.42 Å². The normalized spacial score (nSPS) is 8.29. The summed E-state index contributed by atoms with van der Waals surface area (Å²) in [6.45, 7) is 0. The van der Waals surface area contributed by atoms with Crippen molar-refractivity contribution >= 4 is 10.4 Å². The molecule has 0 heterocycles. The third kappa shape index (κ3) is 270. The summed E-state index contributed by atoms with van der Waals surface area (Å²) in [5.41, 5.74) is 0. The minimum atomic E-state index is -5.17. The fourth-order valence-electron chi connectivity index (χ4n) is 0. The number of hydrogen-bond acceptors (Lipinski definition) is 4. The van der Waals surface area contributed by atoms with Gasteiger partial charge < -0.3 is 15.3 Å². The molecule has 0 aromatic heterocycles. The largest absolute Gasteiger partial charge is 1.00 e. The van der Waals surface area contributed by atoms with E-state index in [0.29, 0.717) is 0 Å². The molecule has 0 spiro atoms. The summed E-state index contributed by atoms with van der Waals surface area (Å²) < 4.78 is 34.1. The van der Waals surface area contributed by atoms with Crippen molar-refractivity contribution in [1.82, 2.24) is 6.15 Å². The molecule has 0 aliphatic carbocycles. The van der Waals surface area contributed by atoms with Crippen LogP contribution in [0.25, 0.3) is 0 Å². The van der Waals surface area contributed by atoms with Gasteiger partial charge >= 0.3 is 27.3 Å². The summed E-state index contributed by atoms with van der Waals surface area (Å²) in [5.74, 6) is 0. The van der Waals surface area contributed by atoms with Gasteiger partial charge in [0.05, 0.1) is 0 Å². The molecule has 5 nitrogen and oxygen atoms in total. The topological polar surface area (TPSA) is 117 Å². The molecule has 1 radical (unpaired) electrons. The van der Waals surface area contributed by atoms with Crippen LogP contribution >= 0.6 is 0 Å². The average molecular weight is 227 g/mol. The van der Waals surface area contributed by atoms with E-state index in [-0.39, 0.29) is 33.4 Å². The van der Waals surface area contributed by atoms with Gasteiger partial charge in [-0.15, -0.1) is 0 Å². The molecule has 0 aliphatic heterocycles. The molecule has 0 unspecified atom stereocenters. The Bertz CT molecular complexity index is 94.9. The van der Waals surface area contributed by atoms with Crippen molar-refractivity contribution in [3.8, 4) is 0 Å². The summed E-state index contributed by atoms with van der Waals surface area (Å²) in [6, 6.07) is 0. The predicted octanol–water partition coefficient (Wildman–Crippen LogP) is -0.964. The Labute approximate surface area is 61.4 Å². The fraction of sp³-hybridized carbons (Fsp3) is 0. The molecule has 0 atom stereocenters. The Balaban J connectivity index is -0.0000000800. The Morgan fingerprint density at radius 3 is 1.14 bits per heavy atom. The standard InChI is InChI=1S/Cd.H3N.H2O4S/c;;1-5(2,3)4/h;1H3;(H2,1,2,3,4)/q+1;;/p-1. The molecule has 0 amide bonds. The maximum Gasteiger partial charge on any atom is 1.00 e. The van der Waals surface area contributed by atoms with Crippen LogP contribution in [-0.2, 0) is 37.7 Å². The maximum atomic E-state index is 8.52. The quantitative estimate of drug-likeness (QED) is 0.325. The number of hydrogen-bond donors (Lipinski definition) is 1. The van der Waals surface area contributed by atoms with E-state index < -0.39 is 10.4 Å². The molecular formula is H4CdNO4S. The van der Waals surface area contributed by atoms with Crippen LogP contribution < -0.4 is 6.15 Å². The molecule has 0 saturated heterocycles. The molecule has 4 N–H and O–H groups in total. The van der Waals surface area contributed by atoms with Crippen LogP contribution in [0.3, 0.4) is 0 Å². The molecular weight excluding hydrogens is 222 g/mol. The molecule has 7 heteroatoms. The molecule has 0 fully saturated rings. The Morgan fingerprint density at radius 2 is 1.14 bits per heavy atom. The zero-order valence-electron chi connectivity index (χ0n) is 3.75. The second-order valence-corrected chi connectivity index (χ2v) is 1.22.